The molecule has 0 aliphatic heterocycles. The molecule has 0 bridgehead atoms. The number of benzene rings is 1. The summed E-state index contributed by atoms with van der Waals surface area (Å²) in [6.45, 7) is 0.954. The van der Waals surface area contributed by atoms with Gasteiger partial charge in [0.25, 0.3) is 0 Å². The third-order valence-corrected chi connectivity index (χ3v) is 2.75. The number of rotatable bonds is 6. The predicted molar refractivity (Wildman–Crippen MR) is 61.9 cm³/mol. The van der Waals surface area contributed by atoms with Crippen molar-refractivity contribution in [3.05, 3.63) is 35.4 Å². The molecule has 0 heterocycles. The van der Waals surface area contributed by atoms with Crippen molar-refractivity contribution in [2.45, 2.75) is 18.6 Å². The molecule has 102 valence electrons. The van der Waals surface area contributed by atoms with Crippen LogP contribution in [0.4, 0.5) is 8.78 Å². The number of aliphatic hydroxyl groups excluding tert-OH is 3. The quantitative estimate of drug-likeness (QED) is 0.595. The first-order chi connectivity index (χ1) is 8.41. The highest BCUT2D eigenvalue weighted by Crippen LogP contribution is 2.16. The van der Waals surface area contributed by atoms with Gasteiger partial charge in [0.2, 0.25) is 0 Å². The Morgan fingerprint density at radius 2 is 1.83 bits per heavy atom. The van der Waals surface area contributed by atoms with Crippen LogP contribution >= 0.6 is 0 Å². The molecule has 0 saturated carbocycles. The Morgan fingerprint density at radius 3 is 2.33 bits per heavy atom. The maximum Gasteiger partial charge on any atom is 0.159 e. The van der Waals surface area contributed by atoms with Crippen molar-refractivity contribution in [2.75, 3.05) is 19.8 Å². The molecule has 4 nitrogen and oxygen atoms in total. The summed E-state index contributed by atoms with van der Waals surface area (Å²) in [5.74, 6) is -2.01. The second kappa shape index (κ2) is 6.19. The van der Waals surface area contributed by atoms with Gasteiger partial charge in [-0.25, -0.2) is 8.78 Å². The lowest BCUT2D eigenvalue weighted by Crippen LogP contribution is -2.50. The molecule has 4 N–H and O–H groups in total. The summed E-state index contributed by atoms with van der Waals surface area (Å²) >= 11 is 0. The summed E-state index contributed by atoms with van der Waals surface area (Å²) in [6, 6.07) is 3.13. The van der Waals surface area contributed by atoms with E-state index in [0.717, 1.165) is 12.1 Å². The standard InChI is InChI=1S/C12H17F2NO3/c1-12(6-16,7-17)15-5-11(18)8-2-3-9(13)10(14)4-8/h2-4,11,15-18H,5-7H2,1H3. The second-order valence-electron chi connectivity index (χ2n) is 4.45. The molecule has 0 aliphatic rings. The van der Waals surface area contributed by atoms with Crippen LogP contribution in [0.25, 0.3) is 0 Å². The van der Waals surface area contributed by atoms with Gasteiger partial charge in [0, 0.05) is 6.54 Å². The highest BCUT2D eigenvalue weighted by atomic mass is 19.2. The van der Waals surface area contributed by atoms with Crippen molar-refractivity contribution < 1.29 is 24.1 Å². The number of hydrogen-bond donors (Lipinski definition) is 4. The Labute approximate surface area is 104 Å². The van der Waals surface area contributed by atoms with Crippen LogP contribution in [0.3, 0.4) is 0 Å². The van der Waals surface area contributed by atoms with E-state index in [-0.39, 0.29) is 25.3 Å². The minimum Gasteiger partial charge on any atom is -0.394 e. The fourth-order valence-corrected chi connectivity index (χ4v) is 1.34. The van der Waals surface area contributed by atoms with Gasteiger partial charge in [-0.05, 0) is 24.6 Å². The van der Waals surface area contributed by atoms with E-state index in [1.807, 2.05) is 0 Å². The van der Waals surface area contributed by atoms with Gasteiger partial charge in [-0.15, -0.1) is 0 Å². The Morgan fingerprint density at radius 1 is 1.22 bits per heavy atom. The molecular formula is C12H17F2NO3. The van der Waals surface area contributed by atoms with Crippen molar-refractivity contribution in [3.63, 3.8) is 0 Å². The minimum atomic E-state index is -1.06. The third-order valence-electron chi connectivity index (χ3n) is 2.75. The lowest BCUT2D eigenvalue weighted by molar-refractivity contribution is 0.0845. The van der Waals surface area contributed by atoms with E-state index in [0.29, 0.717) is 0 Å². The molecule has 1 rings (SSSR count). The summed E-state index contributed by atoms with van der Waals surface area (Å²) in [7, 11) is 0. The van der Waals surface area contributed by atoms with Crippen LogP contribution < -0.4 is 5.32 Å². The second-order valence-corrected chi connectivity index (χ2v) is 4.45. The maximum absolute atomic E-state index is 13.0. The van der Waals surface area contributed by atoms with E-state index in [1.54, 1.807) is 6.92 Å². The van der Waals surface area contributed by atoms with Gasteiger partial charge >= 0.3 is 0 Å². The molecule has 1 unspecified atom stereocenters. The minimum absolute atomic E-state index is 0.00267. The Balaban J connectivity index is 2.65. The highest BCUT2D eigenvalue weighted by Gasteiger charge is 2.23. The summed E-state index contributed by atoms with van der Waals surface area (Å²) < 4.78 is 25.7. The van der Waals surface area contributed by atoms with Crippen molar-refractivity contribution in [2.24, 2.45) is 0 Å². The van der Waals surface area contributed by atoms with Gasteiger partial charge in [0.15, 0.2) is 11.6 Å². The van der Waals surface area contributed by atoms with Crippen molar-refractivity contribution in [1.29, 1.82) is 0 Å². The molecule has 0 spiro atoms. The topological polar surface area (TPSA) is 72.7 Å². The molecule has 1 atom stereocenters. The molecule has 6 heteroatoms. The van der Waals surface area contributed by atoms with Gasteiger partial charge in [0.1, 0.15) is 0 Å². The Hall–Kier alpha value is -1.08. The maximum atomic E-state index is 13.0. The molecule has 1 aromatic rings. The summed E-state index contributed by atoms with van der Waals surface area (Å²) in [5.41, 5.74) is -0.709. The van der Waals surface area contributed by atoms with Gasteiger partial charge in [0.05, 0.1) is 24.9 Å². The zero-order valence-corrected chi connectivity index (χ0v) is 10.0. The molecule has 0 radical (unpaired) electrons. The van der Waals surface area contributed by atoms with E-state index in [9.17, 15) is 13.9 Å². The smallest absolute Gasteiger partial charge is 0.159 e. The van der Waals surface area contributed by atoms with Crippen LogP contribution in [0, 0.1) is 11.6 Å². The Kier molecular flexibility index (Phi) is 5.15. The van der Waals surface area contributed by atoms with Crippen LogP contribution in [-0.2, 0) is 0 Å². The van der Waals surface area contributed by atoms with Crippen LogP contribution in [0.2, 0.25) is 0 Å². The van der Waals surface area contributed by atoms with Crippen molar-refractivity contribution in [3.8, 4) is 0 Å². The molecule has 0 fully saturated rings. The van der Waals surface area contributed by atoms with Crippen LogP contribution in [-0.4, -0.2) is 40.6 Å². The molecular weight excluding hydrogens is 244 g/mol. The van der Waals surface area contributed by atoms with Crippen LogP contribution in [0.15, 0.2) is 18.2 Å². The van der Waals surface area contributed by atoms with E-state index >= 15 is 0 Å². The van der Waals surface area contributed by atoms with Gasteiger partial charge in [-0.2, -0.15) is 0 Å². The van der Waals surface area contributed by atoms with E-state index in [1.165, 1.54) is 6.07 Å². The zero-order chi connectivity index (χ0) is 13.8. The monoisotopic (exact) mass is 261 g/mol. The highest BCUT2D eigenvalue weighted by molar-refractivity contribution is 5.20. The molecule has 1 aromatic carbocycles. The van der Waals surface area contributed by atoms with Gasteiger partial charge in [-0.3, -0.25) is 0 Å². The fourth-order valence-electron chi connectivity index (χ4n) is 1.34. The molecule has 0 saturated heterocycles. The van der Waals surface area contributed by atoms with Crippen molar-refractivity contribution in [1.82, 2.24) is 5.32 Å². The molecule has 0 aliphatic carbocycles. The number of nitrogens with one attached hydrogen (secondary N) is 1. The van der Waals surface area contributed by atoms with E-state index in [2.05, 4.69) is 5.32 Å². The fraction of sp³-hybridized carbons (Fsp3) is 0.500. The number of aliphatic hydroxyl groups is 3. The summed E-state index contributed by atoms with van der Waals surface area (Å²) in [5, 5.41) is 30.6. The molecule has 0 aromatic heterocycles. The molecule has 0 amide bonds. The summed E-state index contributed by atoms with van der Waals surface area (Å²) in [6.07, 6.45) is -1.06. The zero-order valence-electron chi connectivity index (χ0n) is 10.0. The van der Waals surface area contributed by atoms with Crippen LogP contribution in [0.1, 0.15) is 18.6 Å². The lowest BCUT2D eigenvalue weighted by Gasteiger charge is -2.27. The predicted octanol–water partition coefficient (Wildman–Crippen LogP) is 0.331. The largest absolute Gasteiger partial charge is 0.394 e. The van der Waals surface area contributed by atoms with E-state index < -0.39 is 23.3 Å². The average molecular weight is 261 g/mol. The summed E-state index contributed by atoms with van der Waals surface area (Å²) in [4.78, 5) is 0. The number of hydrogen-bond acceptors (Lipinski definition) is 4. The van der Waals surface area contributed by atoms with Gasteiger partial charge in [-0.1, -0.05) is 6.07 Å². The Bertz CT molecular complexity index is 397. The third kappa shape index (κ3) is 3.71. The van der Waals surface area contributed by atoms with E-state index in [4.69, 9.17) is 10.2 Å². The van der Waals surface area contributed by atoms with Crippen LogP contribution in [0.5, 0.6) is 0 Å². The van der Waals surface area contributed by atoms with Gasteiger partial charge < -0.3 is 20.6 Å². The lowest BCUT2D eigenvalue weighted by atomic mass is 10.0. The number of β-amino-alcohol motifs (C(OH)–C–C–N with tert-alkyl or cyclic N) is 1. The SMILES string of the molecule is CC(CO)(CO)NCC(O)c1ccc(F)c(F)c1. The first-order valence-electron chi connectivity index (χ1n) is 5.51. The normalized spacial score (nSPS) is 13.7. The first kappa shape index (κ1) is 15.0. The van der Waals surface area contributed by atoms with Crippen molar-refractivity contribution >= 4 is 0 Å². The average Bonchev–Trinajstić information content (AvgIpc) is 2.38. The number of halogens is 2. The molecule has 18 heavy (non-hydrogen) atoms. The first-order valence-corrected chi connectivity index (χ1v) is 5.51.